The number of hydrogen-bond donors (Lipinski definition) is 2. The third-order valence-corrected chi connectivity index (χ3v) is 5.11. The average molecular weight is 470 g/mol. The van der Waals surface area contributed by atoms with Crippen molar-refractivity contribution in [2.45, 2.75) is 33.7 Å². The van der Waals surface area contributed by atoms with Gasteiger partial charge < -0.3 is 19.9 Å². The Kier molecular flexibility index (Phi) is 7.76. The molecule has 0 radical (unpaired) electrons. The van der Waals surface area contributed by atoms with E-state index >= 15 is 0 Å². The Morgan fingerprint density at radius 3 is 2.92 bits per heavy atom. The molecule has 1 aliphatic rings. The van der Waals surface area contributed by atoms with E-state index in [4.69, 9.17) is 9.73 Å². The molecule has 1 unspecified atom stereocenters. The van der Waals surface area contributed by atoms with Crippen molar-refractivity contribution >= 4 is 40.8 Å². The van der Waals surface area contributed by atoms with Gasteiger partial charge >= 0.3 is 0 Å². The van der Waals surface area contributed by atoms with Crippen LogP contribution in [0.3, 0.4) is 0 Å². The van der Waals surface area contributed by atoms with Gasteiger partial charge in [0.25, 0.3) is 0 Å². The molecule has 1 fully saturated rings. The zero-order chi connectivity index (χ0) is 17.8. The second-order valence-corrected chi connectivity index (χ2v) is 6.98. The average Bonchev–Trinajstić information content (AvgIpc) is 3.17. The molecule has 0 aliphatic carbocycles. The predicted octanol–water partition coefficient (Wildman–Crippen LogP) is 3.84. The summed E-state index contributed by atoms with van der Waals surface area (Å²) in [6.45, 7) is 10.9. The molecular formula is C20H31IN4O. The number of methoxy groups -OCH3 is 1. The molecule has 6 heteroatoms. The van der Waals surface area contributed by atoms with Crippen LogP contribution in [0.15, 0.2) is 23.2 Å². The highest BCUT2D eigenvalue weighted by Gasteiger charge is 2.24. The first-order chi connectivity index (χ1) is 12.1. The minimum Gasteiger partial charge on any atom is -0.384 e. The largest absolute Gasteiger partial charge is 0.384 e. The number of likely N-dealkylation sites (tertiary alicyclic amines) is 1. The molecule has 0 saturated carbocycles. The summed E-state index contributed by atoms with van der Waals surface area (Å²) < 4.78 is 5.31. The highest BCUT2D eigenvalue weighted by molar-refractivity contribution is 14.0. The fraction of sp³-hybridized carbons (Fsp3) is 0.550. The highest BCUT2D eigenvalue weighted by atomic mass is 127. The standard InChI is InChI=1S/C20H30N4O.HI/c1-5-21-20(24-9-8-17(12-24)13-25-4)22-11-16-6-7-19-18(10-16)14(2)15(3)23-19;/h6-7,10,17,23H,5,8-9,11-13H2,1-4H3,(H,21,22);1H. The van der Waals surface area contributed by atoms with E-state index in [0.717, 1.165) is 32.2 Å². The monoisotopic (exact) mass is 470 g/mol. The number of aromatic amines is 1. The van der Waals surface area contributed by atoms with Crippen LogP contribution in [0.25, 0.3) is 10.9 Å². The highest BCUT2D eigenvalue weighted by Crippen LogP contribution is 2.23. The van der Waals surface area contributed by atoms with Crippen molar-refractivity contribution in [3.63, 3.8) is 0 Å². The number of hydrogen-bond acceptors (Lipinski definition) is 2. The first-order valence-corrected chi connectivity index (χ1v) is 9.22. The number of nitrogens with zero attached hydrogens (tertiary/aromatic N) is 2. The quantitative estimate of drug-likeness (QED) is 0.397. The number of fused-ring (bicyclic) bond motifs is 1. The van der Waals surface area contributed by atoms with Crippen molar-refractivity contribution in [1.82, 2.24) is 15.2 Å². The smallest absolute Gasteiger partial charge is 0.194 e. The fourth-order valence-electron chi connectivity index (χ4n) is 3.60. The lowest BCUT2D eigenvalue weighted by Crippen LogP contribution is -2.40. The number of rotatable bonds is 5. The Bertz CT molecular complexity index is 756. The molecule has 1 aromatic heterocycles. The van der Waals surface area contributed by atoms with Gasteiger partial charge in [-0.15, -0.1) is 24.0 Å². The lowest BCUT2D eigenvalue weighted by atomic mass is 10.1. The van der Waals surface area contributed by atoms with E-state index in [1.165, 1.54) is 34.1 Å². The van der Waals surface area contributed by atoms with Gasteiger partial charge in [-0.1, -0.05) is 6.07 Å². The van der Waals surface area contributed by atoms with Crippen LogP contribution in [0.2, 0.25) is 0 Å². The number of ether oxygens (including phenoxy) is 1. The van der Waals surface area contributed by atoms with Crippen molar-refractivity contribution in [3.05, 3.63) is 35.0 Å². The molecule has 0 spiro atoms. The number of benzene rings is 1. The molecule has 5 nitrogen and oxygen atoms in total. The Morgan fingerprint density at radius 2 is 2.19 bits per heavy atom. The van der Waals surface area contributed by atoms with Crippen molar-refractivity contribution in [1.29, 1.82) is 0 Å². The zero-order valence-electron chi connectivity index (χ0n) is 16.3. The van der Waals surface area contributed by atoms with Gasteiger partial charge in [-0.25, -0.2) is 4.99 Å². The van der Waals surface area contributed by atoms with Crippen LogP contribution in [0, 0.1) is 19.8 Å². The summed E-state index contributed by atoms with van der Waals surface area (Å²) in [6.07, 6.45) is 1.17. The van der Waals surface area contributed by atoms with Gasteiger partial charge in [0.1, 0.15) is 0 Å². The molecule has 1 saturated heterocycles. The van der Waals surface area contributed by atoms with Crippen molar-refractivity contribution in [3.8, 4) is 0 Å². The molecule has 0 bridgehead atoms. The molecule has 2 N–H and O–H groups in total. The van der Waals surface area contributed by atoms with Gasteiger partial charge in [-0.3, -0.25) is 0 Å². The fourth-order valence-corrected chi connectivity index (χ4v) is 3.60. The number of nitrogens with one attached hydrogen (secondary N) is 2. The summed E-state index contributed by atoms with van der Waals surface area (Å²) in [5, 5.41) is 4.74. The third kappa shape index (κ3) is 4.71. The molecule has 2 aromatic rings. The van der Waals surface area contributed by atoms with E-state index in [9.17, 15) is 0 Å². The van der Waals surface area contributed by atoms with Crippen LogP contribution in [-0.2, 0) is 11.3 Å². The second-order valence-electron chi connectivity index (χ2n) is 6.98. The van der Waals surface area contributed by atoms with Gasteiger partial charge in [0, 0.05) is 49.3 Å². The Morgan fingerprint density at radius 1 is 1.38 bits per heavy atom. The van der Waals surface area contributed by atoms with E-state index in [-0.39, 0.29) is 24.0 Å². The normalized spacial score (nSPS) is 17.6. The summed E-state index contributed by atoms with van der Waals surface area (Å²) in [5.41, 5.74) is 5.02. The molecule has 3 rings (SSSR count). The first kappa shape index (κ1) is 21.0. The summed E-state index contributed by atoms with van der Waals surface area (Å²) in [7, 11) is 1.78. The van der Waals surface area contributed by atoms with Crippen LogP contribution in [0.1, 0.15) is 30.2 Å². The van der Waals surface area contributed by atoms with Gasteiger partial charge in [0.15, 0.2) is 5.96 Å². The van der Waals surface area contributed by atoms with E-state index in [1.807, 2.05) is 0 Å². The number of guanidine groups is 1. The Labute approximate surface area is 173 Å². The van der Waals surface area contributed by atoms with E-state index in [2.05, 4.69) is 54.2 Å². The Hall–Kier alpha value is -1.28. The maximum absolute atomic E-state index is 5.31. The van der Waals surface area contributed by atoms with E-state index < -0.39 is 0 Å². The maximum atomic E-state index is 5.31. The lowest BCUT2D eigenvalue weighted by Gasteiger charge is -2.21. The van der Waals surface area contributed by atoms with Gasteiger partial charge in [0.2, 0.25) is 0 Å². The van der Waals surface area contributed by atoms with Crippen LogP contribution < -0.4 is 5.32 Å². The van der Waals surface area contributed by atoms with Crippen molar-refractivity contribution in [2.75, 3.05) is 33.4 Å². The molecule has 144 valence electrons. The molecule has 1 aliphatic heterocycles. The maximum Gasteiger partial charge on any atom is 0.194 e. The zero-order valence-corrected chi connectivity index (χ0v) is 18.6. The lowest BCUT2D eigenvalue weighted by molar-refractivity contribution is 0.157. The predicted molar refractivity (Wildman–Crippen MR) is 120 cm³/mol. The molecule has 1 atom stereocenters. The minimum atomic E-state index is 0. The summed E-state index contributed by atoms with van der Waals surface area (Å²) in [6, 6.07) is 6.60. The number of aliphatic imine (C=N–C) groups is 1. The molecule has 26 heavy (non-hydrogen) atoms. The third-order valence-electron chi connectivity index (χ3n) is 5.11. The van der Waals surface area contributed by atoms with E-state index in [1.54, 1.807) is 7.11 Å². The van der Waals surface area contributed by atoms with Crippen LogP contribution in [0.4, 0.5) is 0 Å². The van der Waals surface area contributed by atoms with Gasteiger partial charge in [-0.05, 0) is 50.5 Å². The van der Waals surface area contributed by atoms with Crippen LogP contribution >= 0.6 is 24.0 Å². The second kappa shape index (κ2) is 9.60. The first-order valence-electron chi connectivity index (χ1n) is 9.22. The molecule has 2 heterocycles. The van der Waals surface area contributed by atoms with Crippen LogP contribution in [-0.4, -0.2) is 49.2 Å². The number of aromatic nitrogens is 1. The summed E-state index contributed by atoms with van der Waals surface area (Å²) >= 11 is 0. The topological polar surface area (TPSA) is 52.7 Å². The van der Waals surface area contributed by atoms with Gasteiger partial charge in [0.05, 0.1) is 13.2 Å². The minimum absolute atomic E-state index is 0. The van der Waals surface area contributed by atoms with Crippen LogP contribution in [0.5, 0.6) is 0 Å². The van der Waals surface area contributed by atoms with Gasteiger partial charge in [-0.2, -0.15) is 0 Å². The molecular weight excluding hydrogens is 439 g/mol. The van der Waals surface area contributed by atoms with E-state index in [0.29, 0.717) is 12.5 Å². The SMILES string of the molecule is CCNC(=NCc1ccc2[nH]c(C)c(C)c2c1)N1CCC(COC)C1.I. The number of H-pyrrole nitrogens is 1. The van der Waals surface area contributed by atoms with Crippen molar-refractivity contribution < 1.29 is 4.74 Å². The number of aryl methyl sites for hydroxylation is 2. The summed E-state index contributed by atoms with van der Waals surface area (Å²) in [4.78, 5) is 10.7. The number of halogens is 1. The van der Waals surface area contributed by atoms with Crippen molar-refractivity contribution in [2.24, 2.45) is 10.9 Å². The molecule has 0 amide bonds. The summed E-state index contributed by atoms with van der Waals surface area (Å²) in [5.74, 6) is 1.62. The Balaban J connectivity index is 0.00000243. The molecule has 1 aromatic carbocycles.